The number of amides is 1. The summed E-state index contributed by atoms with van der Waals surface area (Å²) in [5.41, 5.74) is 1.86. The molecule has 1 amide bonds. The number of aromatic carboxylic acids is 1. The maximum atomic E-state index is 12.4. The summed E-state index contributed by atoms with van der Waals surface area (Å²) in [5, 5.41) is 30.3. The van der Waals surface area contributed by atoms with Crippen molar-refractivity contribution in [2.75, 3.05) is 12.4 Å². The molecule has 166 valence electrons. The van der Waals surface area contributed by atoms with E-state index in [-0.39, 0.29) is 23.5 Å². The van der Waals surface area contributed by atoms with E-state index in [9.17, 15) is 20.0 Å². The van der Waals surface area contributed by atoms with Gasteiger partial charge in [0.2, 0.25) is 0 Å². The lowest BCUT2D eigenvalue weighted by molar-refractivity contribution is -0.112. The molecule has 0 aliphatic rings. The summed E-state index contributed by atoms with van der Waals surface area (Å²) >= 11 is 0. The van der Waals surface area contributed by atoms with E-state index in [1.165, 1.54) is 49.6 Å². The molecule has 0 fully saturated rings. The van der Waals surface area contributed by atoms with Crippen molar-refractivity contribution in [1.82, 2.24) is 0 Å². The Labute approximate surface area is 189 Å². The Morgan fingerprint density at radius 1 is 1.03 bits per heavy atom. The zero-order valence-corrected chi connectivity index (χ0v) is 17.6. The number of ether oxygens (including phenoxy) is 2. The quantitative estimate of drug-likeness (QED) is 0.269. The lowest BCUT2D eigenvalue weighted by atomic mass is 10.1. The Morgan fingerprint density at radius 3 is 2.33 bits per heavy atom. The summed E-state index contributed by atoms with van der Waals surface area (Å²) in [7, 11) is 1.47. The van der Waals surface area contributed by atoms with E-state index < -0.39 is 11.9 Å². The molecule has 0 saturated carbocycles. The van der Waals surface area contributed by atoms with Crippen molar-refractivity contribution in [3.05, 3.63) is 89.0 Å². The first-order valence-corrected chi connectivity index (χ1v) is 9.75. The van der Waals surface area contributed by atoms with Gasteiger partial charge in [-0.15, -0.1) is 0 Å². The van der Waals surface area contributed by atoms with Crippen LogP contribution in [0.4, 0.5) is 5.69 Å². The molecule has 0 unspecified atom stereocenters. The number of carboxylic acids is 1. The van der Waals surface area contributed by atoms with Crippen LogP contribution in [0.1, 0.15) is 21.5 Å². The minimum absolute atomic E-state index is 0.0655. The van der Waals surface area contributed by atoms with Gasteiger partial charge in [0.05, 0.1) is 12.7 Å². The fourth-order valence-corrected chi connectivity index (χ4v) is 2.86. The zero-order chi connectivity index (χ0) is 23.8. The molecule has 0 spiro atoms. The monoisotopic (exact) mass is 444 g/mol. The first kappa shape index (κ1) is 22.9. The number of hydrogen-bond donors (Lipinski definition) is 3. The van der Waals surface area contributed by atoms with Crippen molar-refractivity contribution >= 4 is 23.6 Å². The van der Waals surface area contributed by atoms with E-state index in [4.69, 9.17) is 14.6 Å². The summed E-state index contributed by atoms with van der Waals surface area (Å²) in [6.07, 6.45) is 1.42. The smallest absolute Gasteiger partial charge is 0.335 e. The molecule has 3 rings (SSSR count). The number of anilines is 1. The van der Waals surface area contributed by atoms with Crippen molar-refractivity contribution in [2.24, 2.45) is 0 Å². The van der Waals surface area contributed by atoms with Crippen LogP contribution in [0.3, 0.4) is 0 Å². The molecule has 8 nitrogen and oxygen atoms in total. The van der Waals surface area contributed by atoms with E-state index in [0.717, 1.165) is 5.56 Å². The van der Waals surface area contributed by atoms with Crippen LogP contribution in [-0.2, 0) is 11.4 Å². The molecular weight excluding hydrogens is 424 g/mol. The number of aromatic hydroxyl groups is 1. The van der Waals surface area contributed by atoms with Gasteiger partial charge in [-0.2, -0.15) is 5.26 Å². The first-order valence-electron chi connectivity index (χ1n) is 9.75. The van der Waals surface area contributed by atoms with Crippen LogP contribution in [0.5, 0.6) is 17.2 Å². The Bertz CT molecular complexity index is 1230. The van der Waals surface area contributed by atoms with E-state index in [2.05, 4.69) is 5.32 Å². The van der Waals surface area contributed by atoms with E-state index >= 15 is 0 Å². The second-order valence-electron chi connectivity index (χ2n) is 6.87. The SMILES string of the molecule is COc1cc(/C=C(\C#N)C(=O)Nc2ccc(O)cc2)ccc1OCc1ccc(C(=O)O)cc1. The molecule has 3 aromatic carbocycles. The molecule has 0 saturated heterocycles. The lowest BCUT2D eigenvalue weighted by Gasteiger charge is -2.12. The normalized spacial score (nSPS) is 10.7. The van der Waals surface area contributed by atoms with Crippen LogP contribution < -0.4 is 14.8 Å². The van der Waals surface area contributed by atoms with E-state index in [1.807, 2.05) is 6.07 Å². The Hall–Kier alpha value is -4.77. The van der Waals surface area contributed by atoms with Gasteiger partial charge in [0.25, 0.3) is 5.91 Å². The predicted octanol–water partition coefficient (Wildman–Crippen LogP) is 4.22. The highest BCUT2D eigenvalue weighted by molar-refractivity contribution is 6.09. The summed E-state index contributed by atoms with van der Waals surface area (Å²) < 4.78 is 11.1. The number of nitriles is 1. The second-order valence-corrected chi connectivity index (χ2v) is 6.87. The van der Waals surface area contributed by atoms with Crippen molar-refractivity contribution in [3.8, 4) is 23.3 Å². The molecule has 8 heteroatoms. The molecule has 0 heterocycles. The number of carbonyl (C=O) groups excluding carboxylic acids is 1. The van der Waals surface area contributed by atoms with Gasteiger partial charge in [0.1, 0.15) is 24.0 Å². The van der Waals surface area contributed by atoms with Crippen LogP contribution in [0.25, 0.3) is 6.08 Å². The van der Waals surface area contributed by atoms with Crippen molar-refractivity contribution in [2.45, 2.75) is 6.61 Å². The largest absolute Gasteiger partial charge is 0.508 e. The fourth-order valence-electron chi connectivity index (χ4n) is 2.86. The highest BCUT2D eigenvalue weighted by atomic mass is 16.5. The van der Waals surface area contributed by atoms with Gasteiger partial charge in [-0.3, -0.25) is 4.79 Å². The first-order chi connectivity index (χ1) is 15.9. The molecule has 0 aromatic heterocycles. The third kappa shape index (κ3) is 6.12. The molecular formula is C25H20N2O6. The minimum Gasteiger partial charge on any atom is -0.508 e. The number of carbonyl (C=O) groups is 2. The van der Waals surface area contributed by atoms with Crippen LogP contribution in [0.2, 0.25) is 0 Å². The average Bonchev–Trinajstić information content (AvgIpc) is 2.83. The van der Waals surface area contributed by atoms with Gasteiger partial charge in [0, 0.05) is 5.69 Å². The maximum Gasteiger partial charge on any atom is 0.335 e. The second kappa shape index (κ2) is 10.5. The number of hydrogen-bond acceptors (Lipinski definition) is 6. The summed E-state index contributed by atoms with van der Waals surface area (Å²) in [4.78, 5) is 23.4. The van der Waals surface area contributed by atoms with Gasteiger partial charge >= 0.3 is 5.97 Å². The van der Waals surface area contributed by atoms with Gasteiger partial charge in [-0.05, 0) is 65.7 Å². The number of benzene rings is 3. The number of nitrogens with one attached hydrogen (secondary N) is 1. The minimum atomic E-state index is -0.999. The predicted molar refractivity (Wildman–Crippen MR) is 121 cm³/mol. The van der Waals surface area contributed by atoms with E-state index in [1.54, 1.807) is 30.3 Å². The number of nitrogens with zero attached hydrogens (tertiary/aromatic N) is 1. The third-order valence-electron chi connectivity index (χ3n) is 4.58. The van der Waals surface area contributed by atoms with Gasteiger partial charge in [-0.1, -0.05) is 18.2 Å². The van der Waals surface area contributed by atoms with Gasteiger partial charge < -0.3 is 25.0 Å². The molecule has 3 aromatic rings. The Morgan fingerprint density at radius 2 is 1.73 bits per heavy atom. The topological polar surface area (TPSA) is 129 Å². The molecule has 0 aliphatic carbocycles. The molecule has 0 bridgehead atoms. The summed E-state index contributed by atoms with van der Waals surface area (Å²) in [6, 6.07) is 19.1. The van der Waals surface area contributed by atoms with Crippen LogP contribution >= 0.6 is 0 Å². The summed E-state index contributed by atoms with van der Waals surface area (Å²) in [5.74, 6) is -0.671. The third-order valence-corrected chi connectivity index (χ3v) is 4.58. The van der Waals surface area contributed by atoms with Crippen molar-refractivity contribution < 1.29 is 29.3 Å². The molecule has 0 aliphatic heterocycles. The molecule has 33 heavy (non-hydrogen) atoms. The lowest BCUT2D eigenvalue weighted by Crippen LogP contribution is -2.13. The highest BCUT2D eigenvalue weighted by Crippen LogP contribution is 2.30. The number of methoxy groups -OCH3 is 1. The number of phenols is 1. The standard InChI is InChI=1S/C25H20N2O6/c1-32-23-13-17(12-19(14-26)24(29)27-20-7-9-21(28)10-8-20)4-11-22(23)33-15-16-2-5-18(6-3-16)25(30)31/h2-13,28H,15H2,1H3,(H,27,29)(H,30,31)/b19-12+. The molecule has 0 radical (unpaired) electrons. The van der Waals surface area contributed by atoms with Crippen LogP contribution in [0, 0.1) is 11.3 Å². The average molecular weight is 444 g/mol. The zero-order valence-electron chi connectivity index (χ0n) is 17.6. The van der Waals surface area contributed by atoms with Crippen molar-refractivity contribution in [3.63, 3.8) is 0 Å². The number of rotatable bonds is 8. The molecule has 0 atom stereocenters. The summed E-state index contributed by atoms with van der Waals surface area (Å²) in [6.45, 7) is 0.198. The van der Waals surface area contributed by atoms with Crippen molar-refractivity contribution in [1.29, 1.82) is 5.26 Å². The van der Waals surface area contributed by atoms with Crippen LogP contribution in [0.15, 0.2) is 72.3 Å². The Kier molecular flexibility index (Phi) is 7.29. The Balaban J connectivity index is 1.72. The van der Waals surface area contributed by atoms with Crippen LogP contribution in [-0.4, -0.2) is 29.2 Å². The molecule has 3 N–H and O–H groups in total. The number of carboxylic acid groups (broad SMARTS) is 1. The highest BCUT2D eigenvalue weighted by Gasteiger charge is 2.12. The van der Waals surface area contributed by atoms with E-state index in [0.29, 0.717) is 22.7 Å². The number of phenolic OH excluding ortho intramolecular Hbond substituents is 1. The maximum absolute atomic E-state index is 12.4. The van der Waals surface area contributed by atoms with Gasteiger partial charge in [-0.25, -0.2) is 4.79 Å². The van der Waals surface area contributed by atoms with Gasteiger partial charge in [0.15, 0.2) is 11.5 Å². The fraction of sp³-hybridized carbons (Fsp3) is 0.0800.